The second-order valence-electron chi connectivity index (χ2n) is 4.82. The monoisotopic (exact) mass is 241 g/mol. The molecule has 92 valence electrons. The SMILES string of the molecule is F[C@H]1CN(Cc2ccccc2)Cc2ccccc21. The molecule has 0 unspecified atom stereocenters. The zero-order valence-corrected chi connectivity index (χ0v) is 10.2. The van der Waals surface area contributed by atoms with Gasteiger partial charge in [0.15, 0.2) is 0 Å². The Kier molecular flexibility index (Phi) is 3.11. The molecule has 0 aromatic heterocycles. The van der Waals surface area contributed by atoms with Crippen molar-refractivity contribution in [1.82, 2.24) is 4.90 Å². The number of fused-ring (bicyclic) bond motifs is 1. The second-order valence-corrected chi connectivity index (χ2v) is 4.82. The van der Waals surface area contributed by atoms with Gasteiger partial charge >= 0.3 is 0 Å². The van der Waals surface area contributed by atoms with Gasteiger partial charge in [-0.2, -0.15) is 0 Å². The maximum atomic E-state index is 14.1. The maximum Gasteiger partial charge on any atom is 0.138 e. The smallest absolute Gasteiger partial charge is 0.138 e. The molecule has 1 nitrogen and oxygen atoms in total. The summed E-state index contributed by atoms with van der Waals surface area (Å²) in [4.78, 5) is 2.17. The zero-order chi connectivity index (χ0) is 12.4. The Bertz CT molecular complexity index is 524. The lowest BCUT2D eigenvalue weighted by atomic mass is 9.98. The molecule has 1 aliphatic rings. The Balaban J connectivity index is 1.78. The second kappa shape index (κ2) is 4.91. The molecular weight excluding hydrogens is 225 g/mol. The molecule has 0 fully saturated rings. The summed E-state index contributed by atoms with van der Waals surface area (Å²) in [6.45, 7) is 2.15. The van der Waals surface area contributed by atoms with E-state index in [0.717, 1.165) is 24.2 Å². The van der Waals surface area contributed by atoms with Gasteiger partial charge in [-0.3, -0.25) is 4.90 Å². The van der Waals surface area contributed by atoms with E-state index < -0.39 is 6.17 Å². The van der Waals surface area contributed by atoms with E-state index in [1.165, 1.54) is 5.56 Å². The van der Waals surface area contributed by atoms with Gasteiger partial charge < -0.3 is 0 Å². The summed E-state index contributed by atoms with van der Waals surface area (Å²) >= 11 is 0. The molecule has 0 aliphatic carbocycles. The molecule has 0 amide bonds. The summed E-state index contributed by atoms with van der Waals surface area (Å²) in [7, 11) is 0. The van der Waals surface area contributed by atoms with E-state index in [-0.39, 0.29) is 0 Å². The predicted molar refractivity (Wildman–Crippen MR) is 70.8 cm³/mol. The van der Waals surface area contributed by atoms with Crippen LogP contribution in [0.4, 0.5) is 4.39 Å². The van der Waals surface area contributed by atoms with Crippen molar-refractivity contribution in [3.05, 3.63) is 71.3 Å². The molecule has 1 heterocycles. The van der Waals surface area contributed by atoms with Crippen LogP contribution in [-0.4, -0.2) is 11.4 Å². The highest BCUT2D eigenvalue weighted by Crippen LogP contribution is 2.29. The van der Waals surface area contributed by atoms with Crippen LogP contribution in [0.1, 0.15) is 22.9 Å². The summed E-state index contributed by atoms with van der Waals surface area (Å²) in [5, 5.41) is 0. The average molecular weight is 241 g/mol. The molecule has 0 N–H and O–H groups in total. The van der Waals surface area contributed by atoms with Gasteiger partial charge in [-0.25, -0.2) is 4.39 Å². The van der Waals surface area contributed by atoms with Crippen LogP contribution < -0.4 is 0 Å². The molecule has 1 atom stereocenters. The van der Waals surface area contributed by atoms with Gasteiger partial charge in [-0.15, -0.1) is 0 Å². The highest BCUT2D eigenvalue weighted by molar-refractivity contribution is 5.31. The maximum absolute atomic E-state index is 14.1. The van der Waals surface area contributed by atoms with Crippen LogP contribution in [0, 0.1) is 0 Å². The van der Waals surface area contributed by atoms with Crippen molar-refractivity contribution in [3.8, 4) is 0 Å². The van der Waals surface area contributed by atoms with Crippen molar-refractivity contribution < 1.29 is 4.39 Å². The third-order valence-electron chi connectivity index (χ3n) is 3.45. The number of rotatable bonds is 2. The van der Waals surface area contributed by atoms with Crippen molar-refractivity contribution in [2.45, 2.75) is 19.3 Å². The predicted octanol–water partition coefficient (Wildman–Crippen LogP) is 3.71. The van der Waals surface area contributed by atoms with E-state index in [2.05, 4.69) is 17.0 Å². The van der Waals surface area contributed by atoms with Gasteiger partial charge in [0.05, 0.1) is 0 Å². The Hall–Kier alpha value is -1.67. The van der Waals surface area contributed by atoms with E-state index in [1.54, 1.807) is 0 Å². The molecule has 0 saturated carbocycles. The lowest BCUT2D eigenvalue weighted by Gasteiger charge is -2.31. The summed E-state index contributed by atoms with van der Waals surface area (Å²) in [6, 6.07) is 18.1. The quantitative estimate of drug-likeness (QED) is 0.774. The number of hydrogen-bond acceptors (Lipinski definition) is 1. The normalized spacial score (nSPS) is 19.5. The first-order valence-corrected chi connectivity index (χ1v) is 6.31. The molecule has 2 heteroatoms. The van der Waals surface area contributed by atoms with Crippen LogP contribution >= 0.6 is 0 Å². The molecule has 0 radical (unpaired) electrons. The Morgan fingerprint density at radius 2 is 1.72 bits per heavy atom. The van der Waals surface area contributed by atoms with Gasteiger partial charge in [-0.05, 0) is 16.7 Å². The lowest BCUT2D eigenvalue weighted by molar-refractivity contribution is 0.158. The summed E-state index contributed by atoms with van der Waals surface area (Å²) < 4.78 is 14.1. The van der Waals surface area contributed by atoms with Gasteiger partial charge in [0, 0.05) is 19.6 Å². The van der Waals surface area contributed by atoms with Crippen molar-refractivity contribution >= 4 is 0 Å². The van der Waals surface area contributed by atoms with E-state index in [4.69, 9.17) is 0 Å². The first kappa shape index (κ1) is 11.4. The molecular formula is C16H16FN. The Morgan fingerprint density at radius 1 is 1.00 bits per heavy atom. The topological polar surface area (TPSA) is 3.24 Å². The van der Waals surface area contributed by atoms with E-state index in [1.807, 2.05) is 42.5 Å². The number of halogens is 1. The fraction of sp³-hybridized carbons (Fsp3) is 0.250. The number of alkyl halides is 1. The van der Waals surface area contributed by atoms with Gasteiger partial charge in [0.1, 0.15) is 6.17 Å². The summed E-state index contributed by atoms with van der Waals surface area (Å²) in [5.41, 5.74) is 3.22. The largest absolute Gasteiger partial charge is 0.292 e. The van der Waals surface area contributed by atoms with E-state index >= 15 is 0 Å². The van der Waals surface area contributed by atoms with Crippen LogP contribution in [-0.2, 0) is 13.1 Å². The minimum Gasteiger partial charge on any atom is -0.292 e. The van der Waals surface area contributed by atoms with Crippen molar-refractivity contribution in [2.24, 2.45) is 0 Å². The first-order valence-electron chi connectivity index (χ1n) is 6.31. The molecule has 3 rings (SSSR count). The average Bonchev–Trinajstić information content (AvgIpc) is 2.40. The first-order chi connectivity index (χ1) is 8.83. The number of nitrogens with zero attached hydrogens (tertiary/aromatic N) is 1. The number of hydrogen-bond donors (Lipinski definition) is 0. The molecule has 2 aromatic carbocycles. The Labute approximate surface area is 107 Å². The third-order valence-corrected chi connectivity index (χ3v) is 3.45. The fourth-order valence-electron chi connectivity index (χ4n) is 2.58. The van der Waals surface area contributed by atoms with Crippen molar-refractivity contribution in [1.29, 1.82) is 0 Å². The fourth-order valence-corrected chi connectivity index (χ4v) is 2.58. The Morgan fingerprint density at radius 3 is 2.56 bits per heavy atom. The molecule has 0 bridgehead atoms. The standard InChI is InChI=1S/C16H16FN/c17-16-12-18(10-13-6-2-1-3-7-13)11-14-8-4-5-9-15(14)16/h1-9,16H,10-12H2/t16-/m0/s1. The van der Waals surface area contributed by atoms with Gasteiger partial charge in [-0.1, -0.05) is 54.6 Å². The summed E-state index contributed by atoms with van der Waals surface area (Å²) in [5.74, 6) is 0. The molecule has 2 aromatic rings. The zero-order valence-electron chi connectivity index (χ0n) is 10.2. The van der Waals surface area contributed by atoms with E-state index in [0.29, 0.717) is 6.54 Å². The number of benzene rings is 2. The van der Waals surface area contributed by atoms with Gasteiger partial charge in [0.2, 0.25) is 0 Å². The summed E-state index contributed by atoms with van der Waals surface area (Å²) in [6.07, 6.45) is -0.862. The minimum absolute atomic E-state index is 0.492. The van der Waals surface area contributed by atoms with Crippen LogP contribution in [0.25, 0.3) is 0 Å². The highest BCUT2D eigenvalue weighted by Gasteiger charge is 2.24. The van der Waals surface area contributed by atoms with Crippen LogP contribution in [0.3, 0.4) is 0 Å². The van der Waals surface area contributed by atoms with Crippen molar-refractivity contribution in [3.63, 3.8) is 0 Å². The molecule has 0 spiro atoms. The molecule has 18 heavy (non-hydrogen) atoms. The molecule has 1 aliphatic heterocycles. The van der Waals surface area contributed by atoms with Gasteiger partial charge in [0.25, 0.3) is 0 Å². The lowest BCUT2D eigenvalue weighted by Crippen LogP contribution is -2.31. The minimum atomic E-state index is -0.862. The molecule has 0 saturated heterocycles. The van der Waals surface area contributed by atoms with Crippen LogP contribution in [0.5, 0.6) is 0 Å². The third kappa shape index (κ3) is 2.29. The van der Waals surface area contributed by atoms with Crippen molar-refractivity contribution in [2.75, 3.05) is 6.54 Å². The highest BCUT2D eigenvalue weighted by atomic mass is 19.1. The van der Waals surface area contributed by atoms with Crippen LogP contribution in [0.15, 0.2) is 54.6 Å². The van der Waals surface area contributed by atoms with Crippen LogP contribution in [0.2, 0.25) is 0 Å². The van der Waals surface area contributed by atoms with E-state index in [9.17, 15) is 4.39 Å².